The van der Waals surface area contributed by atoms with E-state index in [4.69, 9.17) is 0 Å². The summed E-state index contributed by atoms with van der Waals surface area (Å²) in [6.45, 7) is 5.14. The van der Waals surface area contributed by atoms with Gasteiger partial charge in [0.1, 0.15) is 17.5 Å². The van der Waals surface area contributed by atoms with Crippen LogP contribution in [-0.4, -0.2) is 42.1 Å². The first-order valence-electron chi connectivity index (χ1n) is 6.14. The van der Waals surface area contributed by atoms with Crippen LogP contribution in [0.1, 0.15) is 19.2 Å². The van der Waals surface area contributed by atoms with E-state index in [1.54, 1.807) is 6.92 Å². The van der Waals surface area contributed by atoms with Gasteiger partial charge >= 0.3 is 0 Å². The number of nitrogens with one attached hydrogen (secondary N) is 2. The third-order valence-electron chi connectivity index (χ3n) is 3.00. The van der Waals surface area contributed by atoms with Crippen LogP contribution in [0.15, 0.2) is 6.07 Å². The highest BCUT2D eigenvalue weighted by molar-refractivity contribution is 5.73. The maximum Gasteiger partial charge on any atom is 0.217 e. The van der Waals surface area contributed by atoms with Crippen LogP contribution in [0.2, 0.25) is 0 Å². The minimum absolute atomic E-state index is 0.0247. The monoisotopic (exact) mass is 249 g/mol. The summed E-state index contributed by atoms with van der Waals surface area (Å²) in [6, 6.07) is 2.15. The number of hydrogen-bond acceptors (Lipinski definition) is 5. The third kappa shape index (κ3) is 2.88. The highest BCUT2D eigenvalue weighted by Gasteiger charge is 2.24. The van der Waals surface area contributed by atoms with Crippen LogP contribution in [0.4, 0.5) is 11.6 Å². The molecular weight excluding hydrogens is 230 g/mol. The molecule has 0 saturated carbocycles. The highest BCUT2D eigenvalue weighted by atomic mass is 16.1. The zero-order valence-corrected chi connectivity index (χ0v) is 11.0. The second kappa shape index (κ2) is 5.20. The van der Waals surface area contributed by atoms with E-state index in [1.165, 1.54) is 0 Å². The van der Waals surface area contributed by atoms with E-state index in [0.29, 0.717) is 0 Å². The maximum absolute atomic E-state index is 11.0. The van der Waals surface area contributed by atoms with Gasteiger partial charge in [0, 0.05) is 39.2 Å². The molecule has 1 unspecified atom stereocenters. The molecule has 0 bridgehead atoms. The minimum Gasteiger partial charge on any atom is -0.373 e. The normalized spacial score (nSPS) is 18.8. The molecule has 0 spiro atoms. The van der Waals surface area contributed by atoms with E-state index in [-0.39, 0.29) is 11.9 Å². The number of hydrogen-bond donors (Lipinski definition) is 2. The fourth-order valence-electron chi connectivity index (χ4n) is 2.22. The number of anilines is 2. The molecule has 1 aliphatic heterocycles. The summed E-state index contributed by atoms with van der Waals surface area (Å²) in [5.41, 5.74) is 0. The molecule has 1 fully saturated rings. The fourth-order valence-corrected chi connectivity index (χ4v) is 2.22. The van der Waals surface area contributed by atoms with Gasteiger partial charge in [0.2, 0.25) is 5.91 Å². The van der Waals surface area contributed by atoms with Gasteiger partial charge in [0.15, 0.2) is 0 Å². The predicted molar refractivity (Wildman–Crippen MR) is 70.8 cm³/mol. The van der Waals surface area contributed by atoms with Gasteiger partial charge in [0.05, 0.1) is 0 Å². The quantitative estimate of drug-likeness (QED) is 0.818. The Labute approximate surface area is 107 Å². The van der Waals surface area contributed by atoms with Crippen molar-refractivity contribution in [1.29, 1.82) is 0 Å². The molecule has 1 aromatic rings. The standard InChI is InChI=1S/C12H19N5O/c1-8-14-11(13-3)6-12(15-8)17-5-4-10(7-17)16-9(2)18/h6,10H,4-5,7H2,1-3H3,(H,16,18)(H,13,14,15). The van der Waals surface area contributed by atoms with E-state index in [1.807, 2.05) is 20.0 Å². The van der Waals surface area contributed by atoms with Crippen LogP contribution in [0.5, 0.6) is 0 Å². The molecule has 0 aliphatic carbocycles. The summed E-state index contributed by atoms with van der Waals surface area (Å²) in [5, 5.41) is 5.97. The second-order valence-corrected chi connectivity index (χ2v) is 4.54. The molecule has 6 heteroatoms. The number of carbonyl (C=O) groups is 1. The van der Waals surface area contributed by atoms with Crippen LogP contribution in [-0.2, 0) is 4.79 Å². The molecule has 18 heavy (non-hydrogen) atoms. The SMILES string of the molecule is CNc1cc(N2CCC(NC(C)=O)C2)nc(C)n1. The Balaban J connectivity index is 2.09. The van der Waals surface area contributed by atoms with Gasteiger partial charge < -0.3 is 15.5 Å². The minimum atomic E-state index is 0.0247. The van der Waals surface area contributed by atoms with Crippen LogP contribution in [0.25, 0.3) is 0 Å². The Morgan fingerprint density at radius 3 is 2.94 bits per heavy atom. The lowest BCUT2D eigenvalue weighted by molar-refractivity contribution is -0.119. The van der Waals surface area contributed by atoms with Gasteiger partial charge in [-0.3, -0.25) is 4.79 Å². The highest BCUT2D eigenvalue weighted by Crippen LogP contribution is 2.20. The number of carbonyl (C=O) groups excluding carboxylic acids is 1. The van der Waals surface area contributed by atoms with Crippen molar-refractivity contribution in [3.05, 3.63) is 11.9 Å². The number of aryl methyl sites for hydroxylation is 1. The summed E-state index contributed by atoms with van der Waals surface area (Å²) in [4.78, 5) is 21.9. The smallest absolute Gasteiger partial charge is 0.217 e. The van der Waals surface area contributed by atoms with Gasteiger partial charge in [-0.15, -0.1) is 0 Å². The van der Waals surface area contributed by atoms with Crippen molar-refractivity contribution in [2.75, 3.05) is 30.4 Å². The zero-order chi connectivity index (χ0) is 13.1. The Bertz CT molecular complexity index is 448. The van der Waals surface area contributed by atoms with Crippen LogP contribution >= 0.6 is 0 Å². The summed E-state index contributed by atoms with van der Waals surface area (Å²) in [5.74, 6) is 2.51. The molecule has 6 nitrogen and oxygen atoms in total. The molecular formula is C12H19N5O. The first-order chi connectivity index (χ1) is 8.58. The lowest BCUT2D eigenvalue weighted by Gasteiger charge is -2.18. The van der Waals surface area contributed by atoms with Crippen LogP contribution < -0.4 is 15.5 Å². The summed E-state index contributed by atoms with van der Waals surface area (Å²) in [7, 11) is 1.84. The Morgan fingerprint density at radius 2 is 2.28 bits per heavy atom. The maximum atomic E-state index is 11.0. The molecule has 1 aliphatic rings. The van der Waals surface area contributed by atoms with Crippen molar-refractivity contribution in [1.82, 2.24) is 15.3 Å². The first-order valence-corrected chi connectivity index (χ1v) is 6.14. The Kier molecular flexibility index (Phi) is 3.64. The van der Waals surface area contributed by atoms with E-state index in [9.17, 15) is 4.79 Å². The number of amides is 1. The van der Waals surface area contributed by atoms with Crippen molar-refractivity contribution in [2.45, 2.75) is 26.3 Å². The van der Waals surface area contributed by atoms with Crippen molar-refractivity contribution in [3.63, 3.8) is 0 Å². The van der Waals surface area contributed by atoms with Gasteiger partial charge in [-0.2, -0.15) is 0 Å². The fraction of sp³-hybridized carbons (Fsp3) is 0.583. The summed E-state index contributed by atoms with van der Waals surface area (Å²) in [6.07, 6.45) is 0.956. The topological polar surface area (TPSA) is 70.2 Å². The predicted octanol–water partition coefficient (Wildman–Crippen LogP) is 0.542. The molecule has 1 amide bonds. The van der Waals surface area contributed by atoms with Crippen molar-refractivity contribution in [2.24, 2.45) is 0 Å². The summed E-state index contributed by atoms with van der Waals surface area (Å²) >= 11 is 0. The lowest BCUT2D eigenvalue weighted by atomic mass is 10.3. The van der Waals surface area contributed by atoms with Crippen LogP contribution in [0, 0.1) is 6.92 Å². The average molecular weight is 249 g/mol. The Hall–Kier alpha value is -1.85. The van der Waals surface area contributed by atoms with Crippen LogP contribution in [0.3, 0.4) is 0 Å². The molecule has 2 heterocycles. The second-order valence-electron chi connectivity index (χ2n) is 4.54. The van der Waals surface area contributed by atoms with Crippen molar-refractivity contribution in [3.8, 4) is 0 Å². The molecule has 1 atom stereocenters. The van der Waals surface area contributed by atoms with Gasteiger partial charge in [0.25, 0.3) is 0 Å². The third-order valence-corrected chi connectivity index (χ3v) is 3.00. The number of nitrogens with zero attached hydrogens (tertiary/aromatic N) is 3. The van der Waals surface area contributed by atoms with Gasteiger partial charge in [-0.25, -0.2) is 9.97 Å². The Morgan fingerprint density at radius 1 is 1.50 bits per heavy atom. The first kappa shape index (κ1) is 12.6. The molecule has 0 aromatic carbocycles. The van der Waals surface area contributed by atoms with E-state index in [0.717, 1.165) is 37.0 Å². The molecule has 98 valence electrons. The molecule has 1 aromatic heterocycles. The lowest BCUT2D eigenvalue weighted by Crippen LogP contribution is -2.35. The van der Waals surface area contributed by atoms with Gasteiger partial charge in [-0.1, -0.05) is 0 Å². The molecule has 2 N–H and O–H groups in total. The van der Waals surface area contributed by atoms with E-state index in [2.05, 4.69) is 25.5 Å². The summed E-state index contributed by atoms with van der Waals surface area (Å²) < 4.78 is 0. The molecule has 1 saturated heterocycles. The number of rotatable bonds is 3. The van der Waals surface area contributed by atoms with Crippen molar-refractivity contribution >= 4 is 17.5 Å². The van der Waals surface area contributed by atoms with Gasteiger partial charge in [-0.05, 0) is 13.3 Å². The van der Waals surface area contributed by atoms with E-state index < -0.39 is 0 Å². The average Bonchev–Trinajstić information content (AvgIpc) is 2.75. The molecule has 2 rings (SSSR count). The molecule has 0 radical (unpaired) electrons. The zero-order valence-electron chi connectivity index (χ0n) is 11.0. The number of aromatic nitrogens is 2. The van der Waals surface area contributed by atoms with E-state index >= 15 is 0 Å². The largest absolute Gasteiger partial charge is 0.373 e. The van der Waals surface area contributed by atoms with Crippen molar-refractivity contribution < 1.29 is 4.79 Å².